The first-order chi connectivity index (χ1) is 14.6. The Labute approximate surface area is 188 Å². The molecule has 31 heavy (non-hydrogen) atoms. The van der Waals surface area contributed by atoms with Gasteiger partial charge in [0, 0.05) is 41.3 Å². The molecule has 1 fully saturated rings. The van der Waals surface area contributed by atoms with Crippen molar-refractivity contribution in [2.24, 2.45) is 5.92 Å². The Hall–Kier alpha value is -2.14. The molecule has 9 nitrogen and oxygen atoms in total. The zero-order valence-electron chi connectivity index (χ0n) is 16.7. The number of amides is 1. The van der Waals surface area contributed by atoms with Gasteiger partial charge >= 0.3 is 5.69 Å². The second-order valence-corrected chi connectivity index (χ2v) is 10.0. The highest BCUT2D eigenvalue weighted by Gasteiger charge is 2.34. The third kappa shape index (κ3) is 5.38. The van der Waals surface area contributed by atoms with Crippen molar-refractivity contribution in [2.75, 3.05) is 19.6 Å². The van der Waals surface area contributed by atoms with E-state index in [1.165, 1.54) is 11.2 Å². The number of aryl methyl sites for hydroxylation is 1. The molecule has 0 saturated carbocycles. The third-order valence-electron chi connectivity index (χ3n) is 5.21. The maximum absolute atomic E-state index is 12.9. The lowest BCUT2D eigenvalue weighted by atomic mass is 9.97. The van der Waals surface area contributed by atoms with Crippen LogP contribution in [0, 0.1) is 12.8 Å². The van der Waals surface area contributed by atoms with Crippen LogP contribution in [-0.4, -0.2) is 48.2 Å². The molecular weight excluding hydrogens is 467 g/mol. The maximum atomic E-state index is 12.9. The summed E-state index contributed by atoms with van der Waals surface area (Å²) in [6.07, 6.45) is 1.20. The number of carbonyl (C=O) groups excluding carboxylic acids is 1. The molecule has 1 aliphatic rings. The van der Waals surface area contributed by atoms with Crippen molar-refractivity contribution in [1.29, 1.82) is 0 Å². The number of carbonyl (C=O) groups is 1. The van der Waals surface area contributed by atoms with Crippen LogP contribution >= 0.6 is 23.2 Å². The van der Waals surface area contributed by atoms with E-state index in [2.05, 4.69) is 10.3 Å². The molecular formula is C19H22Cl2N4O5S. The summed E-state index contributed by atoms with van der Waals surface area (Å²) >= 11 is 12.0. The summed E-state index contributed by atoms with van der Waals surface area (Å²) in [4.78, 5) is 39.6. The van der Waals surface area contributed by atoms with Crippen LogP contribution in [0.3, 0.4) is 0 Å². The van der Waals surface area contributed by atoms with Crippen LogP contribution in [-0.2, 0) is 21.2 Å². The highest BCUT2D eigenvalue weighted by atomic mass is 35.5. The number of nitrogens with zero attached hydrogens (tertiary/aromatic N) is 1. The first kappa shape index (κ1) is 23.5. The Balaban J connectivity index is 1.57. The van der Waals surface area contributed by atoms with Crippen LogP contribution in [0.2, 0.25) is 10.0 Å². The molecule has 0 bridgehead atoms. The van der Waals surface area contributed by atoms with Gasteiger partial charge in [0.1, 0.15) is 0 Å². The number of hydrogen-bond donors (Lipinski definition) is 3. The van der Waals surface area contributed by atoms with E-state index in [9.17, 15) is 22.8 Å². The monoisotopic (exact) mass is 488 g/mol. The number of aromatic amines is 2. The molecule has 2 heterocycles. The average molecular weight is 489 g/mol. The van der Waals surface area contributed by atoms with Gasteiger partial charge in [-0.05, 0) is 43.9 Å². The summed E-state index contributed by atoms with van der Waals surface area (Å²) in [5.41, 5.74) is -0.873. The predicted octanol–water partition coefficient (Wildman–Crippen LogP) is 1.44. The molecule has 0 aliphatic carbocycles. The van der Waals surface area contributed by atoms with Crippen LogP contribution in [0.15, 0.2) is 32.7 Å². The highest BCUT2D eigenvalue weighted by molar-refractivity contribution is 7.89. The van der Waals surface area contributed by atoms with Crippen LogP contribution in [0.25, 0.3) is 0 Å². The van der Waals surface area contributed by atoms with Gasteiger partial charge in [-0.15, -0.1) is 0 Å². The minimum atomic E-state index is -4.09. The SMILES string of the molecule is Cc1[nH]c(=O)[nH]c(=O)c1S(=O)(=O)N1CCC(C(=O)NCCc2ccc(Cl)cc2Cl)CC1. The van der Waals surface area contributed by atoms with Crippen molar-refractivity contribution in [1.82, 2.24) is 19.6 Å². The average Bonchev–Trinajstić information content (AvgIpc) is 2.68. The third-order valence-corrected chi connectivity index (χ3v) is 7.85. The normalized spacial score (nSPS) is 15.7. The van der Waals surface area contributed by atoms with Crippen molar-refractivity contribution in [3.63, 3.8) is 0 Å². The summed E-state index contributed by atoms with van der Waals surface area (Å²) in [7, 11) is -4.09. The Morgan fingerprint density at radius 3 is 2.48 bits per heavy atom. The first-order valence-corrected chi connectivity index (χ1v) is 11.8. The second-order valence-electron chi connectivity index (χ2n) is 7.32. The Morgan fingerprint density at radius 1 is 1.19 bits per heavy atom. The first-order valence-electron chi connectivity index (χ1n) is 9.64. The molecule has 1 aromatic heterocycles. The number of benzene rings is 1. The fourth-order valence-electron chi connectivity index (χ4n) is 3.58. The van der Waals surface area contributed by atoms with E-state index in [0.717, 1.165) is 5.56 Å². The molecule has 0 unspecified atom stereocenters. The molecule has 1 aromatic carbocycles. The summed E-state index contributed by atoms with van der Waals surface area (Å²) in [6, 6.07) is 5.18. The Bertz CT molecular complexity index is 1200. The molecule has 0 radical (unpaired) electrons. The Morgan fingerprint density at radius 2 is 1.87 bits per heavy atom. The molecule has 0 spiro atoms. The van der Waals surface area contributed by atoms with Crippen LogP contribution in [0.1, 0.15) is 24.1 Å². The lowest BCUT2D eigenvalue weighted by molar-refractivity contribution is -0.126. The van der Waals surface area contributed by atoms with Crippen molar-refractivity contribution < 1.29 is 13.2 Å². The van der Waals surface area contributed by atoms with Gasteiger partial charge in [-0.2, -0.15) is 4.31 Å². The quantitative estimate of drug-likeness (QED) is 0.565. The Kier molecular flexibility index (Phi) is 7.25. The van der Waals surface area contributed by atoms with Crippen molar-refractivity contribution in [3.8, 4) is 0 Å². The van der Waals surface area contributed by atoms with E-state index >= 15 is 0 Å². The molecule has 168 valence electrons. The predicted molar refractivity (Wildman–Crippen MR) is 117 cm³/mol. The molecule has 1 aliphatic heterocycles. The minimum Gasteiger partial charge on any atom is -0.356 e. The number of rotatable bonds is 6. The summed E-state index contributed by atoms with van der Waals surface area (Å²) in [5.74, 6) is -0.484. The fraction of sp³-hybridized carbons (Fsp3) is 0.421. The zero-order chi connectivity index (χ0) is 22.8. The lowest BCUT2D eigenvalue weighted by Crippen LogP contribution is -2.45. The number of hydrogen-bond acceptors (Lipinski definition) is 5. The highest BCUT2D eigenvalue weighted by Crippen LogP contribution is 2.24. The second kappa shape index (κ2) is 9.56. The molecule has 12 heteroatoms. The van der Waals surface area contributed by atoms with E-state index in [1.54, 1.807) is 18.2 Å². The number of piperidine rings is 1. The molecule has 0 atom stereocenters. The van der Waals surface area contributed by atoms with Crippen molar-refractivity contribution >= 4 is 39.1 Å². The zero-order valence-corrected chi connectivity index (χ0v) is 19.0. The fourth-order valence-corrected chi connectivity index (χ4v) is 5.75. The lowest BCUT2D eigenvalue weighted by Gasteiger charge is -2.30. The number of H-pyrrole nitrogens is 2. The summed E-state index contributed by atoms with van der Waals surface area (Å²) in [5, 5.41) is 3.93. The molecule has 2 aromatic rings. The van der Waals surface area contributed by atoms with Gasteiger partial charge in [-0.1, -0.05) is 29.3 Å². The molecule has 1 amide bonds. The number of aromatic nitrogens is 2. The van der Waals surface area contributed by atoms with E-state index in [-0.39, 0.29) is 30.6 Å². The topological polar surface area (TPSA) is 132 Å². The van der Waals surface area contributed by atoms with Gasteiger partial charge in [0.15, 0.2) is 4.90 Å². The number of halogens is 2. The van der Waals surface area contributed by atoms with E-state index in [1.807, 2.05) is 4.98 Å². The van der Waals surface area contributed by atoms with Crippen LogP contribution < -0.4 is 16.6 Å². The van der Waals surface area contributed by atoms with Gasteiger partial charge in [-0.25, -0.2) is 13.2 Å². The smallest absolute Gasteiger partial charge is 0.325 e. The van der Waals surface area contributed by atoms with E-state index in [4.69, 9.17) is 23.2 Å². The summed E-state index contributed by atoms with van der Waals surface area (Å²) in [6.45, 7) is 1.95. The van der Waals surface area contributed by atoms with Crippen LogP contribution in [0.4, 0.5) is 0 Å². The molecule has 3 rings (SSSR count). The van der Waals surface area contributed by atoms with Gasteiger partial charge in [0.05, 0.1) is 0 Å². The van der Waals surface area contributed by atoms with Crippen molar-refractivity contribution in [2.45, 2.75) is 31.1 Å². The van der Waals surface area contributed by atoms with Gasteiger partial charge < -0.3 is 10.3 Å². The summed E-state index contributed by atoms with van der Waals surface area (Å²) < 4.78 is 26.9. The number of nitrogens with one attached hydrogen (secondary N) is 3. The molecule has 3 N–H and O–H groups in total. The number of sulfonamides is 1. The van der Waals surface area contributed by atoms with Gasteiger partial charge in [0.2, 0.25) is 15.9 Å². The van der Waals surface area contributed by atoms with E-state index < -0.39 is 26.2 Å². The van der Waals surface area contributed by atoms with Crippen molar-refractivity contribution in [3.05, 3.63) is 60.3 Å². The largest absolute Gasteiger partial charge is 0.356 e. The maximum Gasteiger partial charge on any atom is 0.325 e. The van der Waals surface area contributed by atoms with Gasteiger partial charge in [-0.3, -0.25) is 14.6 Å². The van der Waals surface area contributed by atoms with Crippen LogP contribution in [0.5, 0.6) is 0 Å². The van der Waals surface area contributed by atoms with E-state index in [0.29, 0.717) is 35.9 Å². The van der Waals surface area contributed by atoms with Gasteiger partial charge in [0.25, 0.3) is 5.56 Å². The minimum absolute atomic E-state index is 0.0190. The standard InChI is InChI=1S/C19H22Cl2N4O5S/c1-11-16(18(27)24-19(28)23-11)31(29,30)25-8-5-13(6-9-25)17(26)22-7-4-12-2-3-14(20)10-15(12)21/h2-3,10,13H,4-9H2,1H3,(H,22,26)(H2,23,24,27,28). The molecule has 1 saturated heterocycles.